The third-order valence-electron chi connectivity index (χ3n) is 4.67. The zero-order chi connectivity index (χ0) is 17.1. The molecule has 1 N–H and O–H groups in total. The van der Waals surface area contributed by atoms with E-state index in [0.717, 1.165) is 36.6 Å². The fourth-order valence-electron chi connectivity index (χ4n) is 3.02. The Morgan fingerprint density at radius 2 is 1.96 bits per heavy atom. The Morgan fingerprint density at radius 3 is 2.67 bits per heavy atom. The third kappa shape index (κ3) is 3.72. The van der Waals surface area contributed by atoms with Crippen LogP contribution in [0.5, 0.6) is 0 Å². The number of benzene rings is 1. The van der Waals surface area contributed by atoms with Gasteiger partial charge in [0.15, 0.2) is 5.82 Å². The van der Waals surface area contributed by atoms with E-state index in [1.54, 1.807) is 0 Å². The molecule has 0 saturated carbocycles. The minimum atomic E-state index is -0.0246. The number of carbonyl (C=O) groups excluding carboxylic acids is 1. The molecule has 1 atom stereocenters. The summed E-state index contributed by atoms with van der Waals surface area (Å²) in [7, 11) is 0. The van der Waals surface area contributed by atoms with Crippen LogP contribution in [0.4, 0.5) is 11.5 Å². The molecule has 1 aromatic heterocycles. The number of hydrogen-bond acceptors (Lipinski definition) is 4. The fraction of sp³-hybridized carbons (Fsp3) is 0.421. The highest BCUT2D eigenvalue weighted by Crippen LogP contribution is 2.23. The van der Waals surface area contributed by atoms with E-state index in [2.05, 4.69) is 34.3 Å². The number of rotatable bonds is 3. The maximum Gasteiger partial charge on any atom is 0.229 e. The number of aromatic nitrogens is 2. The second-order valence-electron chi connectivity index (χ2n) is 6.61. The molecule has 0 radical (unpaired) electrons. The van der Waals surface area contributed by atoms with E-state index in [-0.39, 0.29) is 11.8 Å². The summed E-state index contributed by atoms with van der Waals surface area (Å²) >= 11 is 0. The summed E-state index contributed by atoms with van der Waals surface area (Å²) in [5, 5.41) is 11.4. The van der Waals surface area contributed by atoms with E-state index >= 15 is 0 Å². The quantitative estimate of drug-likeness (QED) is 0.941. The van der Waals surface area contributed by atoms with Crippen molar-refractivity contribution < 1.29 is 4.79 Å². The number of carbonyl (C=O) groups is 1. The van der Waals surface area contributed by atoms with Crippen LogP contribution in [0.25, 0.3) is 0 Å². The predicted octanol–water partition coefficient (Wildman–Crippen LogP) is 3.26. The van der Waals surface area contributed by atoms with Gasteiger partial charge in [-0.25, -0.2) is 0 Å². The topological polar surface area (TPSA) is 58.1 Å². The van der Waals surface area contributed by atoms with Crippen LogP contribution < -0.4 is 10.2 Å². The zero-order valence-electron chi connectivity index (χ0n) is 14.5. The van der Waals surface area contributed by atoms with Gasteiger partial charge in [0.25, 0.3) is 0 Å². The number of piperidine rings is 1. The van der Waals surface area contributed by atoms with Crippen LogP contribution in [0.1, 0.15) is 29.7 Å². The minimum Gasteiger partial charge on any atom is -0.354 e. The van der Waals surface area contributed by atoms with Gasteiger partial charge in [-0.05, 0) is 69.0 Å². The van der Waals surface area contributed by atoms with Crippen LogP contribution in [0.2, 0.25) is 0 Å². The molecular weight excluding hydrogens is 300 g/mol. The first-order chi connectivity index (χ1) is 11.5. The van der Waals surface area contributed by atoms with Gasteiger partial charge in [-0.2, -0.15) is 5.10 Å². The number of aryl methyl sites for hydroxylation is 3. The lowest BCUT2D eigenvalue weighted by Crippen LogP contribution is -2.41. The van der Waals surface area contributed by atoms with E-state index in [1.807, 2.05) is 37.3 Å². The van der Waals surface area contributed by atoms with Crippen LogP contribution in [0.3, 0.4) is 0 Å². The summed E-state index contributed by atoms with van der Waals surface area (Å²) in [6.45, 7) is 7.67. The molecule has 1 fully saturated rings. The van der Waals surface area contributed by atoms with Crippen molar-refractivity contribution in [3.05, 3.63) is 47.2 Å². The Kier molecular flexibility index (Phi) is 4.79. The average Bonchev–Trinajstić information content (AvgIpc) is 2.59. The molecule has 0 spiro atoms. The van der Waals surface area contributed by atoms with Gasteiger partial charge in [0.2, 0.25) is 5.91 Å². The molecule has 1 aromatic carbocycles. The number of anilines is 2. The Hall–Kier alpha value is -2.43. The normalized spacial score (nSPS) is 17.6. The summed E-state index contributed by atoms with van der Waals surface area (Å²) in [6, 6.07) is 9.97. The lowest BCUT2D eigenvalue weighted by atomic mass is 9.97. The molecule has 1 unspecified atom stereocenters. The summed E-state index contributed by atoms with van der Waals surface area (Å²) in [5.41, 5.74) is 4.19. The van der Waals surface area contributed by atoms with Crippen molar-refractivity contribution in [1.82, 2.24) is 10.2 Å². The fourth-order valence-corrected chi connectivity index (χ4v) is 3.02. The maximum atomic E-state index is 12.6. The maximum absolute atomic E-state index is 12.6. The van der Waals surface area contributed by atoms with Crippen LogP contribution in [-0.2, 0) is 4.79 Å². The minimum absolute atomic E-state index is 0.0246. The van der Waals surface area contributed by atoms with Crippen molar-refractivity contribution in [3.8, 4) is 0 Å². The molecule has 1 amide bonds. The Labute approximate surface area is 143 Å². The second-order valence-corrected chi connectivity index (χ2v) is 6.61. The Bertz CT molecular complexity index is 727. The monoisotopic (exact) mass is 324 g/mol. The predicted molar refractivity (Wildman–Crippen MR) is 96.3 cm³/mol. The van der Waals surface area contributed by atoms with Crippen molar-refractivity contribution in [3.63, 3.8) is 0 Å². The first kappa shape index (κ1) is 16.4. The van der Waals surface area contributed by atoms with Gasteiger partial charge in [0.1, 0.15) is 0 Å². The standard InChI is InChI=1S/C19H24N4O/c1-13-6-8-17(11-14(13)2)20-19(24)16-5-4-10-23(12-16)18-9-7-15(3)21-22-18/h6-9,11,16H,4-5,10,12H2,1-3H3,(H,20,24). The first-order valence-electron chi connectivity index (χ1n) is 8.46. The first-order valence-corrected chi connectivity index (χ1v) is 8.46. The van der Waals surface area contributed by atoms with Gasteiger partial charge in [0, 0.05) is 18.8 Å². The largest absolute Gasteiger partial charge is 0.354 e. The van der Waals surface area contributed by atoms with Gasteiger partial charge in [-0.1, -0.05) is 6.07 Å². The third-order valence-corrected chi connectivity index (χ3v) is 4.67. The van der Waals surface area contributed by atoms with Crippen molar-refractivity contribution in [2.45, 2.75) is 33.6 Å². The van der Waals surface area contributed by atoms with Crippen LogP contribution >= 0.6 is 0 Å². The van der Waals surface area contributed by atoms with Crippen molar-refractivity contribution in [1.29, 1.82) is 0 Å². The summed E-state index contributed by atoms with van der Waals surface area (Å²) in [5.74, 6) is 0.913. The molecule has 0 bridgehead atoms. The Morgan fingerprint density at radius 1 is 1.12 bits per heavy atom. The highest BCUT2D eigenvalue weighted by Gasteiger charge is 2.26. The van der Waals surface area contributed by atoms with Crippen LogP contribution in [-0.4, -0.2) is 29.2 Å². The van der Waals surface area contributed by atoms with Crippen LogP contribution in [0, 0.1) is 26.7 Å². The van der Waals surface area contributed by atoms with Crippen molar-refractivity contribution >= 4 is 17.4 Å². The molecule has 5 heteroatoms. The molecule has 2 heterocycles. The number of nitrogens with one attached hydrogen (secondary N) is 1. The molecule has 3 rings (SSSR count). The lowest BCUT2D eigenvalue weighted by molar-refractivity contribution is -0.120. The van der Waals surface area contributed by atoms with Crippen LogP contribution in [0.15, 0.2) is 30.3 Å². The van der Waals surface area contributed by atoms with Gasteiger partial charge < -0.3 is 10.2 Å². The van der Waals surface area contributed by atoms with Gasteiger partial charge >= 0.3 is 0 Å². The summed E-state index contributed by atoms with van der Waals surface area (Å²) in [4.78, 5) is 14.8. The van der Waals surface area contributed by atoms with Crippen molar-refractivity contribution in [2.75, 3.05) is 23.3 Å². The number of nitrogens with zero attached hydrogens (tertiary/aromatic N) is 3. The van der Waals surface area contributed by atoms with E-state index in [4.69, 9.17) is 0 Å². The van der Waals surface area contributed by atoms with E-state index in [0.29, 0.717) is 6.54 Å². The van der Waals surface area contributed by atoms with Gasteiger partial charge in [-0.3, -0.25) is 4.79 Å². The zero-order valence-corrected chi connectivity index (χ0v) is 14.5. The van der Waals surface area contributed by atoms with E-state index < -0.39 is 0 Å². The molecule has 1 saturated heterocycles. The molecule has 1 aliphatic heterocycles. The molecule has 0 aliphatic carbocycles. The average molecular weight is 324 g/mol. The molecule has 1 aliphatic rings. The molecule has 2 aromatic rings. The Balaban J connectivity index is 1.66. The highest BCUT2D eigenvalue weighted by molar-refractivity contribution is 5.93. The van der Waals surface area contributed by atoms with Gasteiger partial charge in [-0.15, -0.1) is 5.10 Å². The molecule has 5 nitrogen and oxygen atoms in total. The highest BCUT2D eigenvalue weighted by atomic mass is 16.1. The molecular formula is C19H24N4O. The second kappa shape index (κ2) is 6.99. The van der Waals surface area contributed by atoms with E-state index in [1.165, 1.54) is 11.1 Å². The lowest BCUT2D eigenvalue weighted by Gasteiger charge is -2.32. The van der Waals surface area contributed by atoms with Crippen molar-refractivity contribution in [2.24, 2.45) is 5.92 Å². The SMILES string of the molecule is Cc1ccc(N2CCCC(C(=O)Nc3ccc(C)c(C)c3)C2)nn1. The smallest absolute Gasteiger partial charge is 0.229 e. The van der Waals surface area contributed by atoms with Gasteiger partial charge in [0.05, 0.1) is 11.6 Å². The summed E-state index contributed by atoms with van der Waals surface area (Å²) < 4.78 is 0. The summed E-state index contributed by atoms with van der Waals surface area (Å²) in [6.07, 6.45) is 1.90. The number of amides is 1. The van der Waals surface area contributed by atoms with E-state index in [9.17, 15) is 4.79 Å². The molecule has 126 valence electrons. The molecule has 24 heavy (non-hydrogen) atoms. The number of hydrogen-bond donors (Lipinski definition) is 1.